The summed E-state index contributed by atoms with van der Waals surface area (Å²) in [7, 11) is 1.00. The highest BCUT2D eigenvalue weighted by atomic mass is 16.2. The monoisotopic (exact) mass is 538 g/mol. The summed E-state index contributed by atoms with van der Waals surface area (Å²) < 4.78 is 0. The molecule has 0 aliphatic heterocycles. The third-order valence-corrected chi connectivity index (χ3v) is 7.64. The summed E-state index contributed by atoms with van der Waals surface area (Å²) in [6.45, 7) is 21.3. The SMILES string of the molecule is CC.CC.CC.CC1c2cccc(c2)C(C)c2cccc(c2)C(C)c2cccc(c2)C(C)c2cccc1c2.CO. The molecule has 0 aromatic heterocycles. The molecule has 0 spiro atoms. The summed E-state index contributed by atoms with van der Waals surface area (Å²) in [5.41, 5.74) is 11.1. The maximum atomic E-state index is 7.00. The highest BCUT2D eigenvalue weighted by Gasteiger charge is 2.18. The molecular formula is C39H54O. The van der Waals surface area contributed by atoms with Crippen molar-refractivity contribution in [2.45, 2.75) is 92.9 Å². The van der Waals surface area contributed by atoms with Crippen LogP contribution in [0.2, 0.25) is 0 Å². The first kappa shape index (κ1) is 34.9. The van der Waals surface area contributed by atoms with Crippen molar-refractivity contribution in [2.75, 3.05) is 7.11 Å². The zero-order valence-electron chi connectivity index (χ0n) is 27.0. The Morgan fingerprint density at radius 2 is 0.450 bits per heavy atom. The molecule has 40 heavy (non-hydrogen) atoms. The predicted octanol–water partition coefficient (Wildman–Crippen LogP) is 11.3. The highest BCUT2D eigenvalue weighted by molar-refractivity contribution is 5.45. The first-order valence-electron chi connectivity index (χ1n) is 15.4. The molecule has 0 heterocycles. The quantitative estimate of drug-likeness (QED) is 0.236. The van der Waals surface area contributed by atoms with E-state index < -0.39 is 0 Å². The van der Waals surface area contributed by atoms with Gasteiger partial charge in [-0.25, -0.2) is 0 Å². The largest absolute Gasteiger partial charge is 0.400 e. The van der Waals surface area contributed by atoms with Gasteiger partial charge in [-0.2, -0.15) is 0 Å². The Labute approximate surface area is 246 Å². The molecule has 1 N–H and O–H groups in total. The summed E-state index contributed by atoms with van der Waals surface area (Å²) in [6, 6.07) is 36.8. The van der Waals surface area contributed by atoms with Crippen molar-refractivity contribution in [2.24, 2.45) is 0 Å². The number of hydrogen-bond donors (Lipinski definition) is 1. The minimum atomic E-state index is 0.361. The third-order valence-electron chi connectivity index (χ3n) is 7.64. The fraction of sp³-hybridized carbons (Fsp3) is 0.385. The topological polar surface area (TPSA) is 20.2 Å². The number of aliphatic hydroxyl groups excluding tert-OH is 1. The zero-order chi connectivity index (χ0) is 30.2. The first-order chi connectivity index (χ1) is 19.5. The van der Waals surface area contributed by atoms with Crippen molar-refractivity contribution in [3.05, 3.63) is 142 Å². The summed E-state index contributed by atoms with van der Waals surface area (Å²) in [4.78, 5) is 0. The van der Waals surface area contributed by atoms with Gasteiger partial charge in [0.05, 0.1) is 0 Å². The van der Waals surface area contributed by atoms with E-state index in [0.717, 1.165) is 7.11 Å². The van der Waals surface area contributed by atoms with Crippen molar-refractivity contribution < 1.29 is 5.11 Å². The van der Waals surface area contributed by atoms with E-state index in [-0.39, 0.29) is 0 Å². The molecule has 8 bridgehead atoms. The van der Waals surface area contributed by atoms with Gasteiger partial charge in [0, 0.05) is 30.8 Å². The van der Waals surface area contributed by atoms with Crippen LogP contribution >= 0.6 is 0 Å². The Hall–Kier alpha value is -3.16. The maximum Gasteiger partial charge on any atom is 0.0319 e. The fourth-order valence-corrected chi connectivity index (χ4v) is 5.16. The standard InChI is InChI=1S/C32H32.3C2H6.CH4O/c1-21-25-9-5-11-27(17-25)22(2)29-13-7-15-31(19-29)24(4)32-16-8-14-30(20-32)23(3)28-12-6-10-26(21)18-28;4*1-2/h5-24H,1-4H3;3*1-2H3;2H,1H3. The van der Waals surface area contributed by atoms with E-state index >= 15 is 0 Å². The minimum Gasteiger partial charge on any atom is -0.400 e. The average molecular weight is 539 g/mol. The molecule has 5 rings (SSSR count). The van der Waals surface area contributed by atoms with E-state index in [2.05, 4.69) is 125 Å². The van der Waals surface area contributed by atoms with Crippen LogP contribution in [0.15, 0.2) is 97.1 Å². The van der Waals surface area contributed by atoms with E-state index in [1.54, 1.807) is 0 Å². The lowest BCUT2D eigenvalue weighted by Crippen LogP contribution is -2.05. The minimum absolute atomic E-state index is 0.361. The van der Waals surface area contributed by atoms with E-state index in [9.17, 15) is 0 Å². The van der Waals surface area contributed by atoms with Gasteiger partial charge in [-0.05, 0) is 44.5 Å². The van der Waals surface area contributed by atoms with Crippen LogP contribution in [0.1, 0.15) is 137 Å². The maximum absolute atomic E-state index is 7.00. The average Bonchev–Trinajstić information content (AvgIpc) is 3.07. The Kier molecular flexibility index (Phi) is 15.9. The van der Waals surface area contributed by atoms with Gasteiger partial charge in [0.25, 0.3) is 0 Å². The molecule has 0 unspecified atom stereocenters. The van der Waals surface area contributed by atoms with Gasteiger partial charge in [0.1, 0.15) is 0 Å². The van der Waals surface area contributed by atoms with Crippen LogP contribution in [0.4, 0.5) is 0 Å². The third kappa shape index (κ3) is 8.42. The van der Waals surface area contributed by atoms with Crippen LogP contribution in [-0.2, 0) is 0 Å². The molecule has 1 aliphatic carbocycles. The molecule has 0 atom stereocenters. The molecular weight excluding hydrogens is 484 g/mol. The molecule has 0 amide bonds. The molecule has 0 saturated carbocycles. The van der Waals surface area contributed by atoms with Crippen LogP contribution in [0, 0.1) is 0 Å². The molecule has 216 valence electrons. The van der Waals surface area contributed by atoms with E-state index in [1.807, 2.05) is 41.5 Å². The number of benzene rings is 4. The molecule has 1 heteroatoms. The lowest BCUT2D eigenvalue weighted by Gasteiger charge is -2.22. The number of rotatable bonds is 0. The Morgan fingerprint density at radius 1 is 0.325 bits per heavy atom. The molecule has 0 fully saturated rings. The van der Waals surface area contributed by atoms with Crippen LogP contribution in [0.25, 0.3) is 0 Å². The molecule has 0 radical (unpaired) electrons. The second-order valence-corrected chi connectivity index (χ2v) is 9.57. The smallest absolute Gasteiger partial charge is 0.0319 e. The van der Waals surface area contributed by atoms with Gasteiger partial charge in [-0.3, -0.25) is 0 Å². The van der Waals surface area contributed by atoms with Crippen molar-refractivity contribution in [3.8, 4) is 0 Å². The Morgan fingerprint density at radius 3 is 0.575 bits per heavy atom. The van der Waals surface area contributed by atoms with Crippen molar-refractivity contribution in [3.63, 3.8) is 0 Å². The molecule has 4 aromatic carbocycles. The van der Waals surface area contributed by atoms with Crippen LogP contribution in [0.3, 0.4) is 0 Å². The summed E-state index contributed by atoms with van der Waals surface area (Å²) in [5.74, 6) is 1.44. The van der Waals surface area contributed by atoms with Crippen molar-refractivity contribution >= 4 is 0 Å². The first-order valence-corrected chi connectivity index (χ1v) is 15.4. The van der Waals surface area contributed by atoms with E-state index in [4.69, 9.17) is 5.11 Å². The Bertz CT molecular complexity index is 980. The lowest BCUT2D eigenvalue weighted by molar-refractivity contribution is 0.399. The van der Waals surface area contributed by atoms with Gasteiger partial charge in [0.2, 0.25) is 0 Å². The number of aliphatic hydroxyl groups is 1. The summed E-state index contributed by atoms with van der Waals surface area (Å²) in [5, 5.41) is 7.00. The van der Waals surface area contributed by atoms with E-state index in [0.29, 0.717) is 23.7 Å². The normalized spacial score (nSPS) is 18.5. The highest BCUT2D eigenvalue weighted by Crippen LogP contribution is 2.35. The van der Waals surface area contributed by atoms with Crippen molar-refractivity contribution in [1.29, 1.82) is 0 Å². The molecule has 4 aromatic rings. The lowest BCUT2D eigenvalue weighted by atomic mass is 9.82. The number of hydrogen-bond acceptors (Lipinski definition) is 1. The van der Waals surface area contributed by atoms with Gasteiger partial charge in [-0.15, -0.1) is 0 Å². The second-order valence-electron chi connectivity index (χ2n) is 9.57. The second kappa shape index (κ2) is 18.2. The van der Waals surface area contributed by atoms with Gasteiger partial charge < -0.3 is 5.11 Å². The van der Waals surface area contributed by atoms with Gasteiger partial charge >= 0.3 is 0 Å². The molecule has 1 aliphatic rings. The van der Waals surface area contributed by atoms with E-state index in [1.165, 1.54) is 44.5 Å². The van der Waals surface area contributed by atoms with Crippen LogP contribution in [-0.4, -0.2) is 12.2 Å². The molecule has 1 nitrogen and oxygen atoms in total. The van der Waals surface area contributed by atoms with Gasteiger partial charge in [-0.1, -0.05) is 166 Å². The zero-order valence-corrected chi connectivity index (χ0v) is 27.0. The number of fused-ring (bicyclic) bond motifs is 8. The summed E-state index contributed by atoms with van der Waals surface area (Å²) in [6.07, 6.45) is 0. The van der Waals surface area contributed by atoms with Crippen LogP contribution in [0.5, 0.6) is 0 Å². The Balaban J connectivity index is 0.000000921. The predicted molar refractivity (Wildman–Crippen MR) is 178 cm³/mol. The molecule has 0 saturated heterocycles. The van der Waals surface area contributed by atoms with Crippen molar-refractivity contribution in [1.82, 2.24) is 0 Å². The van der Waals surface area contributed by atoms with Gasteiger partial charge in [0.15, 0.2) is 0 Å². The van der Waals surface area contributed by atoms with Crippen LogP contribution < -0.4 is 0 Å². The summed E-state index contributed by atoms with van der Waals surface area (Å²) >= 11 is 0. The fourth-order valence-electron chi connectivity index (χ4n) is 5.16.